The van der Waals surface area contributed by atoms with Crippen LogP contribution in [-0.4, -0.2) is 17.6 Å². The van der Waals surface area contributed by atoms with E-state index in [1.807, 2.05) is 12.1 Å². The lowest BCUT2D eigenvalue weighted by molar-refractivity contribution is 0.0718. The second-order valence-corrected chi connectivity index (χ2v) is 4.65. The first-order chi connectivity index (χ1) is 7.84. The monoisotopic (exact) mass is 292 g/mol. The van der Waals surface area contributed by atoms with Gasteiger partial charge in [0.05, 0.1) is 6.61 Å². The Labute approximate surface area is 121 Å². The van der Waals surface area contributed by atoms with E-state index in [1.165, 1.54) is 18.4 Å². The van der Waals surface area contributed by atoms with Crippen LogP contribution in [0.15, 0.2) is 24.5 Å². The van der Waals surface area contributed by atoms with Crippen LogP contribution in [0.25, 0.3) is 0 Å². The van der Waals surface area contributed by atoms with Crippen LogP contribution in [0.1, 0.15) is 31.2 Å². The molecule has 3 nitrogen and oxygen atoms in total. The Kier molecular flexibility index (Phi) is 9.38. The van der Waals surface area contributed by atoms with Gasteiger partial charge in [-0.05, 0) is 49.3 Å². The molecule has 0 aromatic carbocycles. The molecule has 0 spiro atoms. The highest BCUT2D eigenvalue weighted by Crippen LogP contribution is 2.23. The van der Waals surface area contributed by atoms with Gasteiger partial charge in [0, 0.05) is 25.0 Å². The summed E-state index contributed by atoms with van der Waals surface area (Å²) in [6.07, 6.45) is 8.36. The molecule has 5 heteroatoms. The van der Waals surface area contributed by atoms with Crippen LogP contribution >= 0.6 is 24.8 Å². The lowest BCUT2D eigenvalue weighted by Crippen LogP contribution is -2.28. The number of pyridine rings is 1. The third kappa shape index (κ3) is 6.01. The molecule has 1 aliphatic rings. The molecular formula is C13H22Cl2N2O. The molecule has 104 valence electrons. The molecule has 1 saturated carbocycles. The van der Waals surface area contributed by atoms with E-state index >= 15 is 0 Å². The number of nitrogens with two attached hydrogens (primary N) is 1. The van der Waals surface area contributed by atoms with Gasteiger partial charge < -0.3 is 10.5 Å². The standard InChI is InChI=1S/C13H20N2O.2ClH/c14-13-3-1-11(2-4-13)9-16-10-12-5-7-15-8-6-12;;/h5-8,11,13H,1-4,9-10,14H2;2*1H/t11-,13-;;. The predicted molar refractivity (Wildman–Crippen MR) is 78.3 cm³/mol. The zero-order chi connectivity index (χ0) is 11.2. The van der Waals surface area contributed by atoms with Crippen LogP contribution in [0.5, 0.6) is 0 Å². The summed E-state index contributed by atoms with van der Waals surface area (Å²) in [5.41, 5.74) is 7.07. The van der Waals surface area contributed by atoms with Gasteiger partial charge >= 0.3 is 0 Å². The van der Waals surface area contributed by atoms with Gasteiger partial charge in [0.25, 0.3) is 0 Å². The molecule has 0 bridgehead atoms. The van der Waals surface area contributed by atoms with Crippen molar-refractivity contribution in [3.63, 3.8) is 0 Å². The molecule has 1 aromatic heterocycles. The smallest absolute Gasteiger partial charge is 0.0718 e. The second-order valence-electron chi connectivity index (χ2n) is 4.65. The maximum absolute atomic E-state index is 5.87. The number of halogens is 2. The first kappa shape index (κ1) is 17.6. The minimum Gasteiger partial charge on any atom is -0.376 e. The Morgan fingerprint density at radius 1 is 1.11 bits per heavy atom. The molecule has 1 fully saturated rings. The highest BCUT2D eigenvalue weighted by molar-refractivity contribution is 5.85. The largest absolute Gasteiger partial charge is 0.376 e. The Morgan fingerprint density at radius 3 is 2.33 bits per heavy atom. The van der Waals surface area contributed by atoms with Crippen LogP contribution in [0.4, 0.5) is 0 Å². The second kappa shape index (κ2) is 9.56. The van der Waals surface area contributed by atoms with E-state index in [0.29, 0.717) is 18.6 Å². The molecule has 0 radical (unpaired) electrons. The van der Waals surface area contributed by atoms with Crippen molar-refractivity contribution in [2.45, 2.75) is 38.3 Å². The fourth-order valence-corrected chi connectivity index (χ4v) is 2.18. The molecule has 0 unspecified atom stereocenters. The molecule has 18 heavy (non-hydrogen) atoms. The summed E-state index contributed by atoms with van der Waals surface area (Å²) in [6, 6.07) is 4.42. The molecule has 2 rings (SSSR count). The molecule has 0 amide bonds. The summed E-state index contributed by atoms with van der Waals surface area (Å²) in [6.45, 7) is 1.57. The molecule has 1 aliphatic carbocycles. The number of ether oxygens (including phenoxy) is 1. The predicted octanol–water partition coefficient (Wildman–Crippen LogP) is 2.96. The van der Waals surface area contributed by atoms with Crippen LogP contribution in [-0.2, 0) is 11.3 Å². The van der Waals surface area contributed by atoms with Crippen molar-refractivity contribution in [3.8, 4) is 0 Å². The van der Waals surface area contributed by atoms with Crippen molar-refractivity contribution in [1.29, 1.82) is 0 Å². The summed E-state index contributed by atoms with van der Waals surface area (Å²) in [5.74, 6) is 0.710. The lowest BCUT2D eigenvalue weighted by atomic mass is 9.87. The Bertz CT molecular complexity index is 303. The van der Waals surface area contributed by atoms with Crippen molar-refractivity contribution in [2.75, 3.05) is 6.61 Å². The summed E-state index contributed by atoms with van der Waals surface area (Å²) in [7, 11) is 0. The lowest BCUT2D eigenvalue weighted by Gasteiger charge is -2.25. The first-order valence-electron chi connectivity index (χ1n) is 6.07. The highest BCUT2D eigenvalue weighted by Gasteiger charge is 2.18. The van der Waals surface area contributed by atoms with Gasteiger partial charge in [-0.2, -0.15) is 0 Å². The van der Waals surface area contributed by atoms with Gasteiger partial charge in [-0.25, -0.2) is 0 Å². The highest BCUT2D eigenvalue weighted by atomic mass is 35.5. The van der Waals surface area contributed by atoms with Crippen LogP contribution in [0.3, 0.4) is 0 Å². The number of hydrogen-bond acceptors (Lipinski definition) is 3. The Hall–Kier alpha value is -0.350. The van der Waals surface area contributed by atoms with Crippen molar-refractivity contribution >= 4 is 24.8 Å². The summed E-state index contributed by atoms with van der Waals surface area (Å²) < 4.78 is 5.73. The number of nitrogens with zero attached hydrogens (tertiary/aromatic N) is 1. The van der Waals surface area contributed by atoms with Gasteiger partial charge in [0.15, 0.2) is 0 Å². The van der Waals surface area contributed by atoms with E-state index in [0.717, 1.165) is 19.4 Å². The van der Waals surface area contributed by atoms with Gasteiger partial charge in [0.1, 0.15) is 0 Å². The zero-order valence-electron chi connectivity index (χ0n) is 10.5. The van der Waals surface area contributed by atoms with Crippen LogP contribution in [0, 0.1) is 5.92 Å². The zero-order valence-corrected chi connectivity index (χ0v) is 12.1. The van der Waals surface area contributed by atoms with Crippen molar-refractivity contribution in [3.05, 3.63) is 30.1 Å². The van der Waals surface area contributed by atoms with Gasteiger partial charge in [-0.1, -0.05) is 0 Å². The first-order valence-corrected chi connectivity index (χ1v) is 6.07. The minimum atomic E-state index is 0. The minimum absolute atomic E-state index is 0. The third-order valence-corrected chi connectivity index (χ3v) is 3.26. The topological polar surface area (TPSA) is 48.1 Å². The van der Waals surface area contributed by atoms with Gasteiger partial charge in [-0.15, -0.1) is 24.8 Å². The average Bonchev–Trinajstić information content (AvgIpc) is 2.33. The van der Waals surface area contributed by atoms with Crippen molar-refractivity contribution in [2.24, 2.45) is 11.7 Å². The van der Waals surface area contributed by atoms with E-state index in [2.05, 4.69) is 4.98 Å². The van der Waals surface area contributed by atoms with Gasteiger partial charge in [-0.3, -0.25) is 4.98 Å². The molecule has 1 heterocycles. The normalized spacial score (nSPS) is 22.7. The Morgan fingerprint density at radius 2 is 1.72 bits per heavy atom. The maximum atomic E-state index is 5.87. The quantitative estimate of drug-likeness (QED) is 0.928. The van der Waals surface area contributed by atoms with Crippen LogP contribution in [0.2, 0.25) is 0 Å². The SMILES string of the molecule is Cl.Cl.N[C@H]1CC[C@H](COCc2ccncc2)CC1. The van der Waals surface area contributed by atoms with E-state index < -0.39 is 0 Å². The van der Waals surface area contributed by atoms with E-state index in [1.54, 1.807) is 12.4 Å². The summed E-state index contributed by atoms with van der Waals surface area (Å²) in [4.78, 5) is 3.98. The number of aromatic nitrogens is 1. The third-order valence-electron chi connectivity index (χ3n) is 3.26. The maximum Gasteiger partial charge on any atom is 0.0718 e. The van der Waals surface area contributed by atoms with Crippen molar-refractivity contribution < 1.29 is 4.74 Å². The van der Waals surface area contributed by atoms with Crippen LogP contribution < -0.4 is 5.73 Å². The average molecular weight is 293 g/mol. The Balaban J connectivity index is 0.00000144. The molecule has 1 aromatic rings. The van der Waals surface area contributed by atoms with Crippen molar-refractivity contribution in [1.82, 2.24) is 4.98 Å². The van der Waals surface area contributed by atoms with E-state index in [9.17, 15) is 0 Å². The van der Waals surface area contributed by atoms with E-state index in [-0.39, 0.29) is 24.8 Å². The number of rotatable bonds is 4. The fraction of sp³-hybridized carbons (Fsp3) is 0.615. The van der Waals surface area contributed by atoms with Gasteiger partial charge in [0.2, 0.25) is 0 Å². The molecule has 0 saturated heterocycles. The summed E-state index contributed by atoms with van der Waals surface area (Å²) >= 11 is 0. The number of hydrogen-bond donors (Lipinski definition) is 1. The molecule has 0 aliphatic heterocycles. The molecule has 0 atom stereocenters. The summed E-state index contributed by atoms with van der Waals surface area (Å²) in [5, 5.41) is 0. The fourth-order valence-electron chi connectivity index (χ4n) is 2.18. The molecular weight excluding hydrogens is 271 g/mol. The molecule has 2 N–H and O–H groups in total. The van der Waals surface area contributed by atoms with E-state index in [4.69, 9.17) is 10.5 Å².